The van der Waals surface area contributed by atoms with E-state index in [4.69, 9.17) is 14.7 Å². The zero-order chi connectivity index (χ0) is 19.7. The van der Waals surface area contributed by atoms with Crippen molar-refractivity contribution < 1.29 is 19.5 Å². The molecule has 0 saturated carbocycles. The maximum atomic E-state index is 11.1. The van der Waals surface area contributed by atoms with E-state index in [-0.39, 0.29) is 6.04 Å². The number of methoxy groups -OCH3 is 1. The number of nitrogens with zero attached hydrogens (tertiary/aromatic N) is 2. The van der Waals surface area contributed by atoms with Gasteiger partial charge in [-0.25, -0.2) is 4.79 Å². The summed E-state index contributed by atoms with van der Waals surface area (Å²) in [6, 6.07) is 7.69. The molecular weight excluding hydrogens is 358 g/mol. The van der Waals surface area contributed by atoms with E-state index in [2.05, 4.69) is 21.9 Å². The number of nitrogens with one attached hydrogen (secondary N) is 1. The summed E-state index contributed by atoms with van der Waals surface area (Å²) in [6.07, 6.45) is 4.21. The van der Waals surface area contributed by atoms with Crippen molar-refractivity contribution in [3.63, 3.8) is 0 Å². The Hall–Kier alpha value is -2.64. The van der Waals surface area contributed by atoms with Gasteiger partial charge >= 0.3 is 6.09 Å². The SMILES string of the molecule is C=C[C@H]1CN2CC[C@H]1C[C@H]2[C@H](ONC(=O)O)c1ccnc2ccc(OC)cc12. The van der Waals surface area contributed by atoms with Crippen LogP contribution in [0.1, 0.15) is 24.5 Å². The number of benzene rings is 1. The second-order valence-corrected chi connectivity index (χ2v) is 7.48. The molecule has 2 bridgehead atoms. The molecule has 1 unspecified atom stereocenters. The van der Waals surface area contributed by atoms with Crippen molar-refractivity contribution in [1.82, 2.24) is 15.4 Å². The molecule has 3 aliphatic rings. The highest BCUT2D eigenvalue weighted by molar-refractivity contribution is 5.84. The Morgan fingerprint density at radius 2 is 2.32 bits per heavy atom. The zero-order valence-corrected chi connectivity index (χ0v) is 15.9. The van der Waals surface area contributed by atoms with E-state index < -0.39 is 12.2 Å². The Morgan fingerprint density at radius 1 is 1.46 bits per heavy atom. The van der Waals surface area contributed by atoms with Crippen LogP contribution in [-0.2, 0) is 4.84 Å². The van der Waals surface area contributed by atoms with Crippen LogP contribution in [0.3, 0.4) is 0 Å². The van der Waals surface area contributed by atoms with Crippen molar-refractivity contribution in [2.24, 2.45) is 11.8 Å². The second kappa shape index (κ2) is 7.77. The molecule has 148 valence electrons. The quantitative estimate of drug-likeness (QED) is 0.588. The van der Waals surface area contributed by atoms with E-state index in [1.54, 1.807) is 13.3 Å². The molecule has 2 N–H and O–H groups in total. The molecule has 28 heavy (non-hydrogen) atoms. The van der Waals surface area contributed by atoms with Gasteiger partial charge in [-0.3, -0.25) is 14.7 Å². The normalized spacial score (nSPS) is 27.3. The van der Waals surface area contributed by atoms with Crippen molar-refractivity contribution in [3.05, 3.63) is 48.7 Å². The predicted molar refractivity (Wildman–Crippen MR) is 105 cm³/mol. The van der Waals surface area contributed by atoms with Crippen LogP contribution in [0.25, 0.3) is 10.9 Å². The van der Waals surface area contributed by atoms with Gasteiger partial charge in [0.05, 0.1) is 12.6 Å². The van der Waals surface area contributed by atoms with Gasteiger partial charge in [-0.2, -0.15) is 5.48 Å². The third-order valence-electron chi connectivity index (χ3n) is 6.07. The van der Waals surface area contributed by atoms with Crippen LogP contribution in [-0.4, -0.2) is 47.3 Å². The largest absolute Gasteiger partial charge is 0.497 e. The van der Waals surface area contributed by atoms with E-state index in [1.165, 1.54) is 0 Å². The maximum absolute atomic E-state index is 11.1. The molecule has 3 saturated heterocycles. The van der Waals surface area contributed by atoms with Crippen molar-refractivity contribution in [3.8, 4) is 5.75 Å². The maximum Gasteiger partial charge on any atom is 0.428 e. The highest BCUT2D eigenvalue weighted by Crippen LogP contribution is 2.43. The predicted octanol–water partition coefficient (Wildman–Crippen LogP) is 3.38. The van der Waals surface area contributed by atoms with Gasteiger partial charge in [0.15, 0.2) is 0 Å². The lowest BCUT2D eigenvalue weighted by atomic mass is 9.73. The highest BCUT2D eigenvalue weighted by Gasteiger charge is 2.43. The Labute approximate surface area is 163 Å². The van der Waals surface area contributed by atoms with Crippen LogP contribution in [0, 0.1) is 11.8 Å². The van der Waals surface area contributed by atoms with Crippen LogP contribution < -0.4 is 10.2 Å². The number of hydrogen-bond donors (Lipinski definition) is 2. The molecule has 0 aliphatic carbocycles. The number of aromatic nitrogens is 1. The van der Waals surface area contributed by atoms with Crippen molar-refractivity contribution in [1.29, 1.82) is 0 Å². The average Bonchev–Trinajstić information content (AvgIpc) is 2.73. The molecule has 0 spiro atoms. The monoisotopic (exact) mass is 383 g/mol. The molecule has 2 aromatic rings. The lowest BCUT2D eigenvalue weighted by Gasteiger charge is -2.51. The third-order valence-corrected chi connectivity index (χ3v) is 6.07. The first-order valence-corrected chi connectivity index (χ1v) is 9.54. The van der Waals surface area contributed by atoms with Gasteiger partial charge in [0.1, 0.15) is 11.9 Å². The van der Waals surface area contributed by atoms with E-state index in [0.29, 0.717) is 11.8 Å². The van der Waals surface area contributed by atoms with Gasteiger partial charge in [-0.1, -0.05) is 6.08 Å². The van der Waals surface area contributed by atoms with Gasteiger partial charge in [0.25, 0.3) is 0 Å². The van der Waals surface area contributed by atoms with E-state index in [0.717, 1.165) is 48.1 Å². The lowest BCUT2D eigenvalue weighted by Crippen LogP contribution is -2.55. The Morgan fingerprint density at radius 3 is 3.00 bits per heavy atom. The second-order valence-electron chi connectivity index (χ2n) is 7.48. The fourth-order valence-corrected chi connectivity index (χ4v) is 4.68. The number of carbonyl (C=O) groups is 1. The first-order valence-electron chi connectivity index (χ1n) is 9.54. The molecule has 4 heterocycles. The molecule has 0 radical (unpaired) electrons. The molecule has 5 atom stereocenters. The highest BCUT2D eigenvalue weighted by atomic mass is 16.7. The van der Waals surface area contributed by atoms with Crippen molar-refractivity contribution in [2.75, 3.05) is 20.2 Å². The van der Waals surface area contributed by atoms with Crippen LogP contribution in [0.15, 0.2) is 43.1 Å². The summed E-state index contributed by atoms with van der Waals surface area (Å²) >= 11 is 0. The fraction of sp³-hybridized carbons (Fsp3) is 0.429. The number of fused-ring (bicyclic) bond motifs is 4. The van der Waals surface area contributed by atoms with Crippen LogP contribution in [0.4, 0.5) is 4.79 Å². The lowest BCUT2D eigenvalue weighted by molar-refractivity contribution is -0.102. The van der Waals surface area contributed by atoms with E-state index in [9.17, 15) is 4.79 Å². The minimum Gasteiger partial charge on any atom is -0.497 e. The van der Waals surface area contributed by atoms with Crippen LogP contribution >= 0.6 is 0 Å². The Balaban J connectivity index is 1.74. The summed E-state index contributed by atoms with van der Waals surface area (Å²) in [5, 5.41) is 10.0. The minimum atomic E-state index is -1.21. The summed E-state index contributed by atoms with van der Waals surface area (Å²) < 4.78 is 5.38. The number of ether oxygens (including phenoxy) is 1. The summed E-state index contributed by atoms with van der Waals surface area (Å²) in [5.74, 6) is 1.75. The number of amides is 1. The topological polar surface area (TPSA) is 83.9 Å². The van der Waals surface area contributed by atoms with Gasteiger partial charge in [-0.15, -0.1) is 6.58 Å². The van der Waals surface area contributed by atoms with E-state index in [1.807, 2.05) is 30.3 Å². The van der Waals surface area contributed by atoms with Crippen molar-refractivity contribution >= 4 is 17.0 Å². The Kier molecular flexibility index (Phi) is 5.19. The summed E-state index contributed by atoms with van der Waals surface area (Å²) in [7, 11) is 1.62. The number of piperidine rings is 3. The summed E-state index contributed by atoms with van der Waals surface area (Å²) in [5.41, 5.74) is 3.87. The molecule has 1 aromatic heterocycles. The van der Waals surface area contributed by atoms with Gasteiger partial charge < -0.3 is 9.84 Å². The minimum absolute atomic E-state index is 0.0820. The molecule has 3 aliphatic heterocycles. The molecule has 7 nitrogen and oxygen atoms in total. The molecule has 1 aromatic carbocycles. The molecule has 7 heteroatoms. The van der Waals surface area contributed by atoms with Gasteiger partial charge in [0.2, 0.25) is 0 Å². The molecule has 3 fully saturated rings. The first kappa shape index (κ1) is 18.7. The summed E-state index contributed by atoms with van der Waals surface area (Å²) in [6.45, 7) is 5.89. The Bertz CT molecular complexity index is 887. The zero-order valence-electron chi connectivity index (χ0n) is 15.9. The number of rotatable bonds is 6. The number of pyridine rings is 1. The van der Waals surface area contributed by atoms with Gasteiger partial charge in [-0.05, 0) is 61.1 Å². The van der Waals surface area contributed by atoms with E-state index >= 15 is 0 Å². The molecular formula is C21H25N3O4. The molecule has 5 rings (SSSR count). The van der Waals surface area contributed by atoms with Crippen molar-refractivity contribution in [2.45, 2.75) is 25.0 Å². The van der Waals surface area contributed by atoms with Crippen LogP contribution in [0.2, 0.25) is 0 Å². The fourth-order valence-electron chi connectivity index (χ4n) is 4.68. The average molecular weight is 383 g/mol. The summed E-state index contributed by atoms with van der Waals surface area (Å²) in [4.78, 5) is 23.7. The number of hydrogen-bond acceptors (Lipinski definition) is 5. The molecule has 1 amide bonds. The van der Waals surface area contributed by atoms with Crippen LogP contribution in [0.5, 0.6) is 5.75 Å². The number of hydroxylamine groups is 1. The third kappa shape index (κ3) is 3.43. The van der Waals surface area contributed by atoms with Gasteiger partial charge in [0, 0.05) is 24.2 Å². The first-order chi connectivity index (χ1) is 13.6. The standard InChI is InChI=1S/C21H25N3O4/c1-3-13-12-24-9-7-14(13)10-19(24)20(28-23-21(25)26)16-6-8-22-18-5-4-15(27-2)11-17(16)18/h3-6,8,11,13-14,19-20,23H,1,7,9-10,12H2,2H3,(H,25,26)/t13-,14-,19-,20+/m0/s1. The number of carboxylic acid groups (broad SMARTS) is 1. The smallest absolute Gasteiger partial charge is 0.428 e.